The predicted molar refractivity (Wildman–Crippen MR) is 101 cm³/mol. The average Bonchev–Trinajstić information content (AvgIpc) is 2.75. The van der Waals surface area contributed by atoms with Crippen molar-refractivity contribution >= 4 is 29.4 Å². The van der Waals surface area contributed by atoms with Gasteiger partial charge in [-0.3, -0.25) is 29.4 Å². The van der Waals surface area contributed by atoms with Crippen LogP contribution in [0, 0.1) is 11.8 Å². The van der Waals surface area contributed by atoms with E-state index in [1.165, 1.54) is 0 Å². The number of Topliss-reactive ketones (excluding diaryl/α,β-unsaturated/α-hetero) is 1. The minimum Gasteiger partial charge on any atom is -0.362 e. The Bertz CT molecular complexity index is 651. The van der Waals surface area contributed by atoms with Gasteiger partial charge in [-0.05, 0) is 31.6 Å². The summed E-state index contributed by atoms with van der Waals surface area (Å²) in [5.41, 5.74) is 2.11. The van der Waals surface area contributed by atoms with Crippen LogP contribution in [-0.2, 0) is 28.7 Å². The average molecular weight is 407 g/mol. The summed E-state index contributed by atoms with van der Waals surface area (Å²) in [4.78, 5) is 61.8. The lowest BCUT2D eigenvalue weighted by Crippen LogP contribution is -2.60. The number of nitrogens with zero attached hydrogens (tertiary/aromatic N) is 1. The third-order valence-electron chi connectivity index (χ3n) is 6.06. The topological polar surface area (TPSA) is 122 Å². The van der Waals surface area contributed by atoms with Gasteiger partial charge in [-0.25, -0.2) is 0 Å². The molecule has 160 valence electrons. The zero-order valence-electron chi connectivity index (χ0n) is 16.6. The standard InChI is InChI=1S/C20H29N3O6/c24-15-11-29-12-16(25)23(15)22-20(28)18(26)17(13-7-3-1-4-8-13)21-19(27)14-9-5-2-6-10-14/h13-14,17H,1-12H2,(H,21,27)(H,22,28). The van der Waals surface area contributed by atoms with Gasteiger partial charge in [-0.2, -0.15) is 5.01 Å². The first-order chi connectivity index (χ1) is 14.0. The Morgan fingerprint density at radius 3 is 2.00 bits per heavy atom. The van der Waals surface area contributed by atoms with Crippen LogP contribution >= 0.6 is 0 Å². The molecule has 1 unspecified atom stereocenters. The second kappa shape index (κ2) is 9.96. The van der Waals surface area contributed by atoms with Crippen LogP contribution in [-0.4, -0.2) is 53.7 Å². The van der Waals surface area contributed by atoms with Gasteiger partial charge in [0.1, 0.15) is 19.3 Å². The highest BCUT2D eigenvalue weighted by Crippen LogP contribution is 2.28. The highest BCUT2D eigenvalue weighted by molar-refractivity contribution is 6.38. The third-order valence-corrected chi connectivity index (χ3v) is 6.06. The molecule has 1 saturated heterocycles. The van der Waals surface area contributed by atoms with Gasteiger partial charge in [-0.1, -0.05) is 38.5 Å². The van der Waals surface area contributed by atoms with E-state index in [1.54, 1.807) is 0 Å². The van der Waals surface area contributed by atoms with E-state index in [0.29, 0.717) is 5.01 Å². The lowest BCUT2D eigenvalue weighted by molar-refractivity contribution is -0.166. The van der Waals surface area contributed by atoms with Crippen LogP contribution in [0.1, 0.15) is 64.2 Å². The molecule has 0 aromatic heterocycles. The number of imide groups is 1. The molecule has 1 aliphatic heterocycles. The molecule has 1 atom stereocenters. The maximum absolute atomic E-state index is 12.9. The van der Waals surface area contributed by atoms with Gasteiger partial charge in [0.05, 0.1) is 0 Å². The Morgan fingerprint density at radius 2 is 1.41 bits per heavy atom. The number of carbonyl (C=O) groups excluding carboxylic acids is 5. The van der Waals surface area contributed by atoms with Crippen LogP contribution in [0.5, 0.6) is 0 Å². The molecule has 9 heteroatoms. The molecule has 0 aromatic carbocycles. The molecule has 3 rings (SSSR count). The van der Waals surface area contributed by atoms with Crippen molar-refractivity contribution in [2.24, 2.45) is 11.8 Å². The fraction of sp³-hybridized carbons (Fsp3) is 0.750. The van der Waals surface area contributed by atoms with Gasteiger partial charge in [0, 0.05) is 5.92 Å². The molecule has 29 heavy (non-hydrogen) atoms. The highest BCUT2D eigenvalue weighted by atomic mass is 16.5. The molecule has 9 nitrogen and oxygen atoms in total. The van der Waals surface area contributed by atoms with Gasteiger partial charge in [0.25, 0.3) is 11.8 Å². The Kier molecular flexibility index (Phi) is 7.35. The first-order valence-corrected chi connectivity index (χ1v) is 10.6. The van der Waals surface area contributed by atoms with Gasteiger partial charge in [0.2, 0.25) is 11.7 Å². The van der Waals surface area contributed by atoms with Crippen molar-refractivity contribution in [1.29, 1.82) is 0 Å². The molecule has 4 amide bonds. The number of hydrogen-bond donors (Lipinski definition) is 2. The normalized spacial score (nSPS) is 22.8. The van der Waals surface area contributed by atoms with Gasteiger partial charge >= 0.3 is 5.91 Å². The number of morpholine rings is 1. The SMILES string of the molecule is O=C(NN1C(=O)COCC1=O)C(=O)C(NC(=O)C1CCCCC1)C1CCCCC1. The van der Waals surface area contributed by atoms with E-state index in [9.17, 15) is 24.0 Å². The van der Waals surface area contributed by atoms with Gasteiger partial charge < -0.3 is 10.1 Å². The molecular formula is C20H29N3O6. The summed E-state index contributed by atoms with van der Waals surface area (Å²) in [6.07, 6.45) is 9.12. The van der Waals surface area contributed by atoms with Crippen molar-refractivity contribution in [2.45, 2.75) is 70.3 Å². The van der Waals surface area contributed by atoms with Crippen molar-refractivity contribution in [3.8, 4) is 0 Å². The van der Waals surface area contributed by atoms with Crippen molar-refractivity contribution in [1.82, 2.24) is 15.8 Å². The van der Waals surface area contributed by atoms with Crippen LogP contribution in [0.25, 0.3) is 0 Å². The lowest BCUT2D eigenvalue weighted by Gasteiger charge is -2.32. The number of ketones is 1. The Labute approximate surface area is 169 Å². The van der Waals surface area contributed by atoms with Gasteiger partial charge in [-0.15, -0.1) is 0 Å². The Hall–Kier alpha value is -2.29. The van der Waals surface area contributed by atoms with E-state index < -0.39 is 29.5 Å². The van der Waals surface area contributed by atoms with Crippen molar-refractivity contribution in [3.05, 3.63) is 0 Å². The van der Waals surface area contributed by atoms with E-state index >= 15 is 0 Å². The lowest BCUT2D eigenvalue weighted by atomic mass is 9.81. The molecule has 2 N–H and O–H groups in total. The van der Waals surface area contributed by atoms with Crippen LogP contribution < -0.4 is 10.7 Å². The second-order valence-corrected chi connectivity index (χ2v) is 8.14. The molecule has 2 aliphatic carbocycles. The zero-order valence-corrected chi connectivity index (χ0v) is 16.6. The predicted octanol–water partition coefficient (Wildman–Crippen LogP) is 0.618. The second-order valence-electron chi connectivity index (χ2n) is 8.14. The quantitative estimate of drug-likeness (QED) is 0.492. The fourth-order valence-electron chi connectivity index (χ4n) is 4.42. The fourth-order valence-corrected chi connectivity index (χ4v) is 4.42. The summed E-state index contributed by atoms with van der Waals surface area (Å²) in [6, 6.07) is -0.934. The van der Waals surface area contributed by atoms with Crippen LogP contribution in [0.3, 0.4) is 0 Å². The van der Waals surface area contributed by atoms with E-state index in [-0.39, 0.29) is 31.0 Å². The van der Waals surface area contributed by atoms with E-state index in [1.807, 2.05) is 0 Å². The summed E-state index contributed by atoms with van der Waals surface area (Å²) in [5, 5.41) is 3.37. The van der Waals surface area contributed by atoms with E-state index in [0.717, 1.165) is 64.2 Å². The molecular weight excluding hydrogens is 378 g/mol. The first-order valence-electron chi connectivity index (χ1n) is 10.6. The van der Waals surface area contributed by atoms with Crippen molar-refractivity contribution in [3.63, 3.8) is 0 Å². The van der Waals surface area contributed by atoms with Crippen molar-refractivity contribution in [2.75, 3.05) is 13.2 Å². The molecule has 3 fully saturated rings. The molecule has 0 bridgehead atoms. The molecule has 2 saturated carbocycles. The molecule has 0 radical (unpaired) electrons. The molecule has 0 aromatic rings. The summed E-state index contributed by atoms with van der Waals surface area (Å²) < 4.78 is 4.79. The number of ether oxygens (including phenoxy) is 1. The Morgan fingerprint density at radius 1 is 0.862 bits per heavy atom. The maximum atomic E-state index is 12.9. The highest BCUT2D eigenvalue weighted by Gasteiger charge is 2.38. The smallest absolute Gasteiger partial charge is 0.308 e. The van der Waals surface area contributed by atoms with E-state index in [4.69, 9.17) is 4.74 Å². The summed E-state index contributed by atoms with van der Waals surface area (Å²) in [5.74, 6) is -3.77. The number of amides is 4. The van der Waals surface area contributed by atoms with Gasteiger partial charge in [0.15, 0.2) is 0 Å². The summed E-state index contributed by atoms with van der Waals surface area (Å²) >= 11 is 0. The summed E-state index contributed by atoms with van der Waals surface area (Å²) in [7, 11) is 0. The minimum absolute atomic E-state index is 0.120. The van der Waals surface area contributed by atoms with Crippen LogP contribution in [0.15, 0.2) is 0 Å². The number of carbonyl (C=O) groups is 5. The summed E-state index contributed by atoms with van der Waals surface area (Å²) in [6.45, 7) is -0.685. The van der Waals surface area contributed by atoms with Crippen LogP contribution in [0.4, 0.5) is 0 Å². The Balaban J connectivity index is 1.69. The number of nitrogens with one attached hydrogen (secondary N) is 2. The van der Waals surface area contributed by atoms with Crippen molar-refractivity contribution < 1.29 is 28.7 Å². The van der Waals surface area contributed by atoms with Crippen LogP contribution in [0.2, 0.25) is 0 Å². The first kappa shape index (κ1) is 21.4. The maximum Gasteiger partial charge on any atom is 0.308 e. The molecule has 1 heterocycles. The number of rotatable bonds is 6. The largest absolute Gasteiger partial charge is 0.362 e. The number of hydrazine groups is 1. The third kappa shape index (κ3) is 5.41. The van der Waals surface area contributed by atoms with E-state index in [2.05, 4.69) is 10.7 Å². The monoisotopic (exact) mass is 407 g/mol. The minimum atomic E-state index is -1.06. The molecule has 0 spiro atoms. The molecule has 3 aliphatic rings. The zero-order chi connectivity index (χ0) is 20.8. The number of hydrogen-bond acceptors (Lipinski definition) is 6.